The van der Waals surface area contributed by atoms with E-state index in [0.29, 0.717) is 21.5 Å². The highest BCUT2D eigenvalue weighted by atomic mass is 79.9. The molecule has 17 heavy (non-hydrogen) atoms. The van der Waals surface area contributed by atoms with Crippen molar-refractivity contribution in [3.05, 3.63) is 0 Å². The molecule has 6 fully saturated rings. The van der Waals surface area contributed by atoms with Crippen molar-refractivity contribution in [3.8, 4) is 0 Å². The van der Waals surface area contributed by atoms with Crippen molar-refractivity contribution in [2.75, 3.05) is 0 Å². The van der Waals surface area contributed by atoms with Crippen LogP contribution in [-0.2, 0) is 9.53 Å². The SMILES string of the molecule is CC(=O)O[C@@]12[C@@H]3[C@H]4C[C@@H]5C([C@H]4[C@@H]1Br)[C@H]2[C@@H](Br)[C@H]35. The molecule has 0 aromatic heterocycles. The van der Waals surface area contributed by atoms with Gasteiger partial charge in [0.2, 0.25) is 0 Å². The summed E-state index contributed by atoms with van der Waals surface area (Å²) < 4.78 is 5.94. The molecule has 1 unspecified atom stereocenters. The summed E-state index contributed by atoms with van der Waals surface area (Å²) in [6.45, 7) is 1.57. The van der Waals surface area contributed by atoms with E-state index in [1.54, 1.807) is 6.92 Å². The van der Waals surface area contributed by atoms with Crippen molar-refractivity contribution >= 4 is 37.8 Å². The van der Waals surface area contributed by atoms with Gasteiger partial charge in [-0.2, -0.15) is 0 Å². The van der Waals surface area contributed by atoms with Gasteiger partial charge in [0, 0.05) is 23.6 Å². The molecule has 4 heteroatoms. The van der Waals surface area contributed by atoms with Gasteiger partial charge in [-0.15, -0.1) is 0 Å². The highest BCUT2D eigenvalue weighted by Gasteiger charge is 2.90. The Morgan fingerprint density at radius 2 is 1.94 bits per heavy atom. The molecule has 0 N–H and O–H groups in total. The predicted octanol–water partition coefficient (Wildman–Crippen LogP) is 2.59. The highest BCUT2D eigenvalue weighted by molar-refractivity contribution is 9.10. The van der Waals surface area contributed by atoms with Crippen LogP contribution in [0.4, 0.5) is 0 Å². The lowest BCUT2D eigenvalue weighted by Gasteiger charge is -2.41. The van der Waals surface area contributed by atoms with Crippen molar-refractivity contribution in [2.24, 2.45) is 41.4 Å². The number of hydrogen-bond donors (Lipinski definition) is 0. The van der Waals surface area contributed by atoms with Crippen LogP contribution in [0.15, 0.2) is 0 Å². The Balaban J connectivity index is 1.74. The minimum absolute atomic E-state index is 0.0924. The molecule has 0 heterocycles. The second kappa shape index (κ2) is 2.65. The Kier molecular flexibility index (Phi) is 1.60. The highest BCUT2D eigenvalue weighted by Crippen LogP contribution is 2.86. The van der Waals surface area contributed by atoms with Gasteiger partial charge in [-0.05, 0) is 36.0 Å². The van der Waals surface area contributed by atoms with Crippen LogP contribution in [0, 0.1) is 41.4 Å². The van der Waals surface area contributed by atoms with E-state index in [1.165, 1.54) is 6.42 Å². The number of alkyl halides is 2. The minimum Gasteiger partial charge on any atom is -0.457 e. The average molecular weight is 362 g/mol. The van der Waals surface area contributed by atoms with Gasteiger partial charge >= 0.3 is 5.97 Å². The summed E-state index contributed by atoms with van der Waals surface area (Å²) in [5.41, 5.74) is -0.155. The van der Waals surface area contributed by atoms with E-state index in [9.17, 15) is 4.79 Å². The monoisotopic (exact) mass is 360 g/mol. The van der Waals surface area contributed by atoms with E-state index in [2.05, 4.69) is 31.9 Å². The standard InChI is InChI=1S/C13H14Br2O2/c1-3(16)17-13-9-5-2-4-6(7(5)12(13)15)10(13)11(14)8(4)9/h4-12H,2H2,1H3/t4-,5+,6?,7+,8+,9-,10+,11+,12+,13-/m1/s1. The Bertz CT molecular complexity index is 449. The smallest absolute Gasteiger partial charge is 0.303 e. The first-order chi connectivity index (χ1) is 8.09. The molecule has 10 atom stereocenters. The minimum atomic E-state index is -0.155. The van der Waals surface area contributed by atoms with Gasteiger partial charge in [-0.25, -0.2) is 0 Å². The summed E-state index contributed by atoms with van der Waals surface area (Å²) in [6, 6.07) is 0. The molecule has 6 aliphatic carbocycles. The Morgan fingerprint density at radius 3 is 2.65 bits per heavy atom. The molecule has 0 spiro atoms. The van der Waals surface area contributed by atoms with E-state index in [1.807, 2.05) is 0 Å². The first-order valence-corrected chi connectivity index (χ1v) is 8.40. The molecule has 6 saturated carbocycles. The number of carbonyl (C=O) groups is 1. The summed E-state index contributed by atoms with van der Waals surface area (Å²) in [5, 5.41) is 0. The molecular formula is C13H14Br2O2. The molecule has 2 nitrogen and oxygen atoms in total. The topological polar surface area (TPSA) is 26.3 Å². The van der Waals surface area contributed by atoms with Crippen LogP contribution in [0.25, 0.3) is 0 Å². The Labute approximate surface area is 117 Å². The van der Waals surface area contributed by atoms with Crippen LogP contribution in [0.2, 0.25) is 0 Å². The van der Waals surface area contributed by atoms with E-state index in [-0.39, 0.29) is 11.6 Å². The summed E-state index contributed by atoms with van der Waals surface area (Å²) in [6.07, 6.45) is 1.40. The summed E-state index contributed by atoms with van der Waals surface area (Å²) in [5.74, 6) is 5.28. The third-order valence-electron chi connectivity index (χ3n) is 6.60. The molecule has 0 radical (unpaired) electrons. The largest absolute Gasteiger partial charge is 0.457 e. The van der Waals surface area contributed by atoms with Crippen LogP contribution in [0.1, 0.15) is 13.3 Å². The van der Waals surface area contributed by atoms with Gasteiger partial charge in [0.15, 0.2) is 0 Å². The van der Waals surface area contributed by atoms with Crippen molar-refractivity contribution < 1.29 is 9.53 Å². The number of rotatable bonds is 1. The molecule has 0 aliphatic heterocycles. The molecule has 6 aliphatic rings. The zero-order chi connectivity index (χ0) is 11.7. The fraction of sp³-hybridized carbons (Fsp3) is 0.923. The number of halogens is 2. The van der Waals surface area contributed by atoms with Gasteiger partial charge < -0.3 is 4.74 Å². The van der Waals surface area contributed by atoms with Crippen molar-refractivity contribution in [2.45, 2.75) is 28.6 Å². The lowest BCUT2D eigenvalue weighted by Crippen LogP contribution is -2.49. The fourth-order valence-electron chi connectivity index (χ4n) is 6.87. The molecule has 0 amide bonds. The predicted molar refractivity (Wildman–Crippen MR) is 69.0 cm³/mol. The normalized spacial score (nSPS) is 72.1. The zero-order valence-corrected chi connectivity index (χ0v) is 12.6. The van der Waals surface area contributed by atoms with E-state index in [0.717, 1.165) is 29.6 Å². The molecule has 0 saturated heterocycles. The second-order valence-electron chi connectivity index (χ2n) is 6.64. The van der Waals surface area contributed by atoms with Crippen LogP contribution in [-0.4, -0.2) is 21.2 Å². The molecule has 6 bridgehead atoms. The molecule has 92 valence electrons. The van der Waals surface area contributed by atoms with Crippen LogP contribution >= 0.6 is 31.9 Å². The van der Waals surface area contributed by atoms with Crippen LogP contribution < -0.4 is 0 Å². The second-order valence-corrected chi connectivity index (χ2v) is 8.68. The number of esters is 1. The molecule has 0 aromatic carbocycles. The van der Waals surface area contributed by atoms with Gasteiger partial charge in [-0.1, -0.05) is 31.9 Å². The Morgan fingerprint density at radius 1 is 1.18 bits per heavy atom. The van der Waals surface area contributed by atoms with Crippen LogP contribution in [0.5, 0.6) is 0 Å². The maximum Gasteiger partial charge on any atom is 0.303 e. The number of ether oxygens (including phenoxy) is 1. The third-order valence-corrected chi connectivity index (χ3v) is 9.11. The van der Waals surface area contributed by atoms with Crippen LogP contribution in [0.3, 0.4) is 0 Å². The third kappa shape index (κ3) is 0.752. The maximum absolute atomic E-state index is 11.5. The zero-order valence-electron chi connectivity index (χ0n) is 9.48. The number of carbonyl (C=O) groups excluding carboxylic acids is 1. The molecular weight excluding hydrogens is 348 g/mol. The summed E-state index contributed by atoms with van der Waals surface area (Å²) in [7, 11) is 0. The van der Waals surface area contributed by atoms with Crippen molar-refractivity contribution in [1.29, 1.82) is 0 Å². The van der Waals surface area contributed by atoms with Gasteiger partial charge in [-0.3, -0.25) is 4.79 Å². The molecule has 6 rings (SSSR count). The van der Waals surface area contributed by atoms with Crippen molar-refractivity contribution in [3.63, 3.8) is 0 Å². The Hall–Kier alpha value is 0.430. The first kappa shape index (κ1) is 10.2. The molecule has 0 aromatic rings. The van der Waals surface area contributed by atoms with Gasteiger partial charge in [0.05, 0.1) is 4.83 Å². The van der Waals surface area contributed by atoms with Gasteiger partial charge in [0.1, 0.15) is 5.60 Å². The van der Waals surface area contributed by atoms with E-state index < -0.39 is 0 Å². The van der Waals surface area contributed by atoms with E-state index in [4.69, 9.17) is 4.74 Å². The quantitative estimate of drug-likeness (QED) is 0.530. The maximum atomic E-state index is 11.5. The fourth-order valence-corrected chi connectivity index (χ4v) is 9.81. The average Bonchev–Trinajstić information content (AvgIpc) is 2.93. The lowest BCUT2D eigenvalue weighted by molar-refractivity contribution is -0.167. The van der Waals surface area contributed by atoms with E-state index >= 15 is 0 Å². The first-order valence-electron chi connectivity index (χ1n) is 6.56. The lowest BCUT2D eigenvalue weighted by atomic mass is 9.69. The van der Waals surface area contributed by atoms with Gasteiger partial charge in [0.25, 0.3) is 0 Å². The van der Waals surface area contributed by atoms with Crippen molar-refractivity contribution in [1.82, 2.24) is 0 Å². The summed E-state index contributed by atoms with van der Waals surface area (Å²) in [4.78, 5) is 12.6. The number of hydrogen-bond acceptors (Lipinski definition) is 2. The summed E-state index contributed by atoms with van der Waals surface area (Å²) >= 11 is 7.83.